The monoisotopic (exact) mass is 318 g/mol. The minimum atomic E-state index is -0.0732. The van der Waals surface area contributed by atoms with Crippen molar-refractivity contribution in [1.29, 1.82) is 0 Å². The first kappa shape index (κ1) is 17.3. The Labute approximate surface area is 138 Å². The molecule has 1 heterocycles. The van der Waals surface area contributed by atoms with Gasteiger partial charge in [0.2, 0.25) is 5.91 Å². The van der Waals surface area contributed by atoms with Crippen molar-refractivity contribution in [2.75, 3.05) is 19.7 Å². The fourth-order valence-corrected chi connectivity index (χ4v) is 2.75. The zero-order valence-corrected chi connectivity index (χ0v) is 14.2. The van der Waals surface area contributed by atoms with Crippen LogP contribution in [0.25, 0.3) is 0 Å². The molecule has 2 rings (SSSR count). The van der Waals surface area contributed by atoms with Gasteiger partial charge in [-0.15, -0.1) is 0 Å². The average Bonchev–Trinajstić information content (AvgIpc) is 2.53. The van der Waals surface area contributed by atoms with Gasteiger partial charge in [-0.25, -0.2) is 0 Å². The first-order valence-corrected chi connectivity index (χ1v) is 8.25. The van der Waals surface area contributed by atoms with E-state index >= 15 is 0 Å². The summed E-state index contributed by atoms with van der Waals surface area (Å²) in [5.41, 5.74) is 0.631. The summed E-state index contributed by atoms with van der Waals surface area (Å²) in [6.07, 6.45) is 2.11. The van der Waals surface area contributed by atoms with Gasteiger partial charge in [-0.2, -0.15) is 0 Å². The SMILES string of the molecule is CC(=O)N1CCCC(COc2ccc(C(=O)NC(C)C)cc2)C1. The highest BCUT2D eigenvalue weighted by Crippen LogP contribution is 2.19. The van der Waals surface area contributed by atoms with Gasteiger partial charge in [0.1, 0.15) is 5.75 Å². The van der Waals surface area contributed by atoms with E-state index in [1.165, 1.54) is 0 Å². The second kappa shape index (κ2) is 7.99. The van der Waals surface area contributed by atoms with Crippen LogP contribution in [-0.4, -0.2) is 42.5 Å². The fraction of sp³-hybridized carbons (Fsp3) is 0.556. The van der Waals surface area contributed by atoms with Gasteiger partial charge < -0.3 is 15.0 Å². The predicted molar refractivity (Wildman–Crippen MR) is 89.5 cm³/mol. The molecule has 5 heteroatoms. The molecular weight excluding hydrogens is 292 g/mol. The van der Waals surface area contributed by atoms with Gasteiger partial charge in [0.15, 0.2) is 0 Å². The predicted octanol–water partition coefficient (Wildman–Crippen LogP) is 2.46. The number of benzene rings is 1. The summed E-state index contributed by atoms with van der Waals surface area (Å²) >= 11 is 0. The molecule has 0 aromatic heterocycles. The van der Waals surface area contributed by atoms with Crippen molar-refractivity contribution in [1.82, 2.24) is 10.2 Å². The van der Waals surface area contributed by atoms with Crippen LogP contribution in [0.2, 0.25) is 0 Å². The number of hydrogen-bond acceptors (Lipinski definition) is 3. The van der Waals surface area contributed by atoms with Crippen molar-refractivity contribution in [3.63, 3.8) is 0 Å². The maximum atomic E-state index is 11.9. The van der Waals surface area contributed by atoms with Gasteiger partial charge >= 0.3 is 0 Å². The quantitative estimate of drug-likeness (QED) is 0.907. The molecule has 1 N–H and O–H groups in total. The first-order chi connectivity index (χ1) is 11.0. The Morgan fingerprint density at radius 3 is 2.61 bits per heavy atom. The summed E-state index contributed by atoms with van der Waals surface area (Å²) < 4.78 is 5.82. The summed E-state index contributed by atoms with van der Waals surface area (Å²) in [4.78, 5) is 25.2. The molecule has 2 amide bonds. The molecule has 5 nitrogen and oxygen atoms in total. The molecule has 126 valence electrons. The lowest BCUT2D eigenvalue weighted by molar-refractivity contribution is -0.130. The van der Waals surface area contributed by atoms with E-state index in [1.807, 2.05) is 30.9 Å². The number of hydrogen-bond donors (Lipinski definition) is 1. The Kier molecular flexibility index (Phi) is 6.02. The van der Waals surface area contributed by atoms with E-state index in [1.54, 1.807) is 19.1 Å². The van der Waals surface area contributed by atoms with E-state index < -0.39 is 0 Å². The van der Waals surface area contributed by atoms with E-state index in [-0.39, 0.29) is 17.9 Å². The summed E-state index contributed by atoms with van der Waals surface area (Å²) in [7, 11) is 0. The number of amides is 2. The number of nitrogens with zero attached hydrogens (tertiary/aromatic N) is 1. The zero-order chi connectivity index (χ0) is 16.8. The highest BCUT2D eigenvalue weighted by molar-refractivity contribution is 5.94. The molecule has 1 unspecified atom stereocenters. The lowest BCUT2D eigenvalue weighted by Crippen LogP contribution is -2.40. The molecule has 1 fully saturated rings. The van der Waals surface area contributed by atoms with Gasteiger partial charge in [0, 0.05) is 37.5 Å². The van der Waals surface area contributed by atoms with Crippen LogP contribution < -0.4 is 10.1 Å². The van der Waals surface area contributed by atoms with Crippen LogP contribution in [0.15, 0.2) is 24.3 Å². The molecule has 1 aliphatic rings. The Morgan fingerprint density at radius 2 is 2.00 bits per heavy atom. The standard InChI is InChI=1S/C18H26N2O3/c1-13(2)19-18(22)16-6-8-17(9-7-16)23-12-15-5-4-10-20(11-15)14(3)21/h6-9,13,15H,4-5,10-12H2,1-3H3,(H,19,22). The highest BCUT2D eigenvalue weighted by atomic mass is 16.5. The van der Waals surface area contributed by atoms with Crippen molar-refractivity contribution < 1.29 is 14.3 Å². The molecule has 0 spiro atoms. The number of carbonyl (C=O) groups excluding carboxylic acids is 2. The third-order valence-electron chi connectivity index (χ3n) is 3.99. The molecule has 0 radical (unpaired) electrons. The maximum Gasteiger partial charge on any atom is 0.251 e. The molecular formula is C18H26N2O3. The molecule has 1 aliphatic heterocycles. The number of ether oxygens (including phenoxy) is 1. The van der Waals surface area contributed by atoms with Crippen molar-refractivity contribution in [2.24, 2.45) is 5.92 Å². The number of nitrogens with one attached hydrogen (secondary N) is 1. The lowest BCUT2D eigenvalue weighted by atomic mass is 9.99. The minimum Gasteiger partial charge on any atom is -0.493 e. The van der Waals surface area contributed by atoms with E-state index in [4.69, 9.17) is 4.74 Å². The molecule has 1 atom stereocenters. The van der Waals surface area contributed by atoms with Crippen molar-refractivity contribution in [3.05, 3.63) is 29.8 Å². The second-order valence-corrected chi connectivity index (χ2v) is 6.44. The summed E-state index contributed by atoms with van der Waals surface area (Å²) in [6, 6.07) is 7.31. The van der Waals surface area contributed by atoms with E-state index in [0.717, 1.165) is 31.7 Å². The maximum absolute atomic E-state index is 11.9. The van der Waals surface area contributed by atoms with Gasteiger partial charge in [-0.3, -0.25) is 9.59 Å². The van der Waals surface area contributed by atoms with Gasteiger partial charge in [0.25, 0.3) is 5.91 Å². The Balaban J connectivity index is 1.84. The number of likely N-dealkylation sites (tertiary alicyclic amines) is 1. The Hall–Kier alpha value is -2.04. The fourth-order valence-electron chi connectivity index (χ4n) is 2.75. The molecule has 0 bridgehead atoms. The van der Waals surface area contributed by atoms with Gasteiger partial charge in [0.05, 0.1) is 6.61 Å². The zero-order valence-electron chi connectivity index (χ0n) is 14.2. The normalized spacial score (nSPS) is 17.9. The molecule has 1 aromatic carbocycles. The Morgan fingerprint density at radius 1 is 1.30 bits per heavy atom. The van der Waals surface area contributed by atoms with Crippen molar-refractivity contribution in [2.45, 2.75) is 39.7 Å². The van der Waals surface area contributed by atoms with Crippen LogP contribution >= 0.6 is 0 Å². The van der Waals surface area contributed by atoms with Crippen LogP contribution in [0, 0.1) is 5.92 Å². The molecule has 1 aromatic rings. The number of rotatable bonds is 5. The molecule has 0 saturated carbocycles. The summed E-state index contributed by atoms with van der Waals surface area (Å²) in [5, 5.41) is 2.86. The number of carbonyl (C=O) groups is 2. The van der Waals surface area contributed by atoms with Crippen LogP contribution in [-0.2, 0) is 4.79 Å². The van der Waals surface area contributed by atoms with E-state index in [0.29, 0.717) is 18.1 Å². The minimum absolute atomic E-state index is 0.0732. The number of piperidine rings is 1. The van der Waals surface area contributed by atoms with Crippen LogP contribution in [0.5, 0.6) is 5.75 Å². The van der Waals surface area contributed by atoms with Crippen LogP contribution in [0.1, 0.15) is 44.0 Å². The van der Waals surface area contributed by atoms with Crippen LogP contribution in [0.3, 0.4) is 0 Å². The lowest BCUT2D eigenvalue weighted by Gasteiger charge is -2.31. The van der Waals surface area contributed by atoms with Gasteiger partial charge in [-0.05, 0) is 51.0 Å². The van der Waals surface area contributed by atoms with Crippen molar-refractivity contribution >= 4 is 11.8 Å². The Bertz CT molecular complexity index is 540. The van der Waals surface area contributed by atoms with Gasteiger partial charge in [-0.1, -0.05) is 0 Å². The summed E-state index contributed by atoms with van der Waals surface area (Å²) in [6.45, 7) is 7.70. The van der Waals surface area contributed by atoms with E-state index in [9.17, 15) is 9.59 Å². The topological polar surface area (TPSA) is 58.6 Å². The van der Waals surface area contributed by atoms with Crippen LogP contribution in [0.4, 0.5) is 0 Å². The molecule has 1 saturated heterocycles. The third-order valence-corrected chi connectivity index (χ3v) is 3.99. The second-order valence-electron chi connectivity index (χ2n) is 6.44. The largest absolute Gasteiger partial charge is 0.493 e. The molecule has 23 heavy (non-hydrogen) atoms. The highest BCUT2D eigenvalue weighted by Gasteiger charge is 2.22. The third kappa shape index (κ3) is 5.27. The summed E-state index contributed by atoms with van der Waals surface area (Å²) in [5.74, 6) is 1.19. The van der Waals surface area contributed by atoms with Crippen molar-refractivity contribution in [3.8, 4) is 5.75 Å². The molecule has 0 aliphatic carbocycles. The first-order valence-electron chi connectivity index (χ1n) is 8.25. The van der Waals surface area contributed by atoms with E-state index in [2.05, 4.69) is 5.32 Å². The smallest absolute Gasteiger partial charge is 0.251 e. The average molecular weight is 318 g/mol.